The molecule has 2 aromatic rings. The average molecular weight is 382 g/mol. The van der Waals surface area contributed by atoms with Gasteiger partial charge in [-0.3, -0.25) is 20.0 Å². The van der Waals surface area contributed by atoms with E-state index in [1.807, 2.05) is 0 Å². The summed E-state index contributed by atoms with van der Waals surface area (Å²) in [6, 6.07) is 3.57. The molecule has 3 N–H and O–H groups in total. The third kappa shape index (κ3) is 3.81. The number of halogens is 1. The molecule has 1 aliphatic rings. The maximum absolute atomic E-state index is 12.5. The SMILES string of the molecule is COC(=O)c1cc(NC(=O)c2n[nH]c3c2CNCC3)cc([N+](=O)[O-])c1.Cl. The lowest BCUT2D eigenvalue weighted by Gasteiger charge is -2.13. The van der Waals surface area contributed by atoms with Gasteiger partial charge in [-0.1, -0.05) is 0 Å². The van der Waals surface area contributed by atoms with E-state index in [2.05, 4.69) is 25.6 Å². The van der Waals surface area contributed by atoms with Crippen molar-refractivity contribution in [2.45, 2.75) is 13.0 Å². The van der Waals surface area contributed by atoms with Gasteiger partial charge in [0.1, 0.15) is 0 Å². The van der Waals surface area contributed by atoms with Gasteiger partial charge in [0.2, 0.25) is 0 Å². The Morgan fingerprint density at radius 1 is 1.35 bits per heavy atom. The molecule has 1 amide bonds. The van der Waals surface area contributed by atoms with Crippen molar-refractivity contribution >= 4 is 35.7 Å². The maximum atomic E-state index is 12.5. The Balaban J connectivity index is 0.00000243. The molecule has 0 saturated heterocycles. The lowest BCUT2D eigenvalue weighted by Crippen LogP contribution is -2.25. The van der Waals surface area contributed by atoms with E-state index in [4.69, 9.17) is 0 Å². The molecule has 2 heterocycles. The van der Waals surface area contributed by atoms with Gasteiger partial charge in [0, 0.05) is 48.6 Å². The number of hydrogen-bond acceptors (Lipinski definition) is 7. The molecule has 10 nitrogen and oxygen atoms in total. The van der Waals surface area contributed by atoms with Crippen molar-refractivity contribution in [3.05, 3.63) is 50.8 Å². The average Bonchev–Trinajstić information content (AvgIpc) is 3.04. The fraction of sp³-hybridized carbons (Fsp3) is 0.267. The summed E-state index contributed by atoms with van der Waals surface area (Å²) in [5.74, 6) is -1.25. The molecule has 1 aromatic carbocycles. The Morgan fingerprint density at radius 2 is 2.12 bits per heavy atom. The minimum atomic E-state index is -0.736. The van der Waals surface area contributed by atoms with Crippen molar-refractivity contribution in [1.82, 2.24) is 15.5 Å². The number of amides is 1. The molecule has 1 aliphatic heterocycles. The molecule has 0 atom stereocenters. The van der Waals surface area contributed by atoms with E-state index < -0.39 is 16.8 Å². The number of rotatable bonds is 4. The van der Waals surface area contributed by atoms with Gasteiger partial charge < -0.3 is 15.4 Å². The summed E-state index contributed by atoms with van der Waals surface area (Å²) in [4.78, 5) is 34.5. The van der Waals surface area contributed by atoms with Crippen LogP contribution in [0.15, 0.2) is 18.2 Å². The molecular weight excluding hydrogens is 366 g/mol. The van der Waals surface area contributed by atoms with Crippen LogP contribution in [-0.4, -0.2) is 40.7 Å². The van der Waals surface area contributed by atoms with E-state index in [0.29, 0.717) is 6.54 Å². The van der Waals surface area contributed by atoms with Gasteiger partial charge in [0.05, 0.1) is 17.6 Å². The van der Waals surface area contributed by atoms with Crippen molar-refractivity contribution in [2.24, 2.45) is 0 Å². The van der Waals surface area contributed by atoms with Gasteiger partial charge in [0.25, 0.3) is 11.6 Å². The third-order valence-corrected chi connectivity index (χ3v) is 3.83. The molecule has 3 rings (SSSR count). The van der Waals surface area contributed by atoms with Crippen molar-refractivity contribution in [3.8, 4) is 0 Å². The predicted octanol–water partition coefficient (Wildman–Crippen LogP) is 1.42. The summed E-state index contributed by atoms with van der Waals surface area (Å²) in [6.07, 6.45) is 0.735. The Bertz CT molecular complexity index is 866. The Morgan fingerprint density at radius 3 is 2.81 bits per heavy atom. The van der Waals surface area contributed by atoms with E-state index >= 15 is 0 Å². The lowest BCUT2D eigenvalue weighted by molar-refractivity contribution is -0.384. The number of esters is 1. The molecular formula is C15H16ClN5O5. The second kappa shape index (κ2) is 7.93. The first-order valence-corrected chi connectivity index (χ1v) is 7.45. The number of nitrogens with one attached hydrogen (secondary N) is 3. The van der Waals surface area contributed by atoms with Gasteiger partial charge in [-0.15, -0.1) is 12.4 Å². The standard InChI is InChI=1S/C15H15N5O5.ClH/c1-25-15(22)8-4-9(6-10(5-8)20(23)24)17-14(21)13-11-7-16-3-2-12(11)18-19-13;/h4-6,16H,2-3,7H2,1H3,(H,17,21)(H,18,19);1H. The summed E-state index contributed by atoms with van der Waals surface area (Å²) < 4.78 is 4.58. The van der Waals surface area contributed by atoms with Gasteiger partial charge in [-0.05, 0) is 6.07 Å². The normalized spacial score (nSPS) is 12.5. The highest BCUT2D eigenvalue weighted by Gasteiger charge is 2.23. The van der Waals surface area contributed by atoms with Crippen LogP contribution < -0.4 is 10.6 Å². The smallest absolute Gasteiger partial charge is 0.338 e. The molecule has 0 bridgehead atoms. The molecule has 0 radical (unpaired) electrons. The number of aromatic nitrogens is 2. The van der Waals surface area contributed by atoms with Crippen molar-refractivity contribution < 1.29 is 19.2 Å². The Kier molecular flexibility index (Phi) is 5.90. The number of ether oxygens (including phenoxy) is 1. The van der Waals surface area contributed by atoms with Crippen molar-refractivity contribution in [1.29, 1.82) is 0 Å². The molecule has 1 aromatic heterocycles. The number of carbonyl (C=O) groups is 2. The topological polar surface area (TPSA) is 139 Å². The monoisotopic (exact) mass is 381 g/mol. The number of benzene rings is 1. The summed E-state index contributed by atoms with van der Waals surface area (Å²) in [5, 5.41) is 23.6. The number of non-ortho nitro benzene ring substituents is 1. The minimum Gasteiger partial charge on any atom is -0.465 e. The molecule has 26 heavy (non-hydrogen) atoms. The molecule has 11 heteroatoms. The zero-order chi connectivity index (χ0) is 18.0. The van der Waals surface area contributed by atoms with Crippen LogP contribution in [0, 0.1) is 10.1 Å². The Labute approximate surface area is 153 Å². The second-order valence-electron chi connectivity index (χ2n) is 5.43. The summed E-state index contributed by atoms with van der Waals surface area (Å²) >= 11 is 0. The number of nitro benzene ring substituents is 1. The second-order valence-corrected chi connectivity index (χ2v) is 5.43. The van der Waals surface area contributed by atoms with E-state index in [0.717, 1.165) is 30.3 Å². The number of nitro groups is 1. The van der Waals surface area contributed by atoms with Crippen molar-refractivity contribution in [2.75, 3.05) is 19.0 Å². The summed E-state index contributed by atoms with van der Waals surface area (Å²) in [7, 11) is 1.17. The van der Waals surface area contributed by atoms with Gasteiger partial charge >= 0.3 is 5.97 Å². The third-order valence-electron chi connectivity index (χ3n) is 3.83. The van der Waals surface area contributed by atoms with Crippen LogP contribution in [-0.2, 0) is 17.7 Å². The number of carbonyl (C=O) groups excluding carboxylic acids is 2. The molecule has 0 fully saturated rings. The number of H-pyrrole nitrogens is 1. The first-order valence-electron chi connectivity index (χ1n) is 7.45. The van der Waals surface area contributed by atoms with Crippen LogP contribution in [0.25, 0.3) is 0 Å². The van der Waals surface area contributed by atoms with E-state index in [-0.39, 0.29) is 35.0 Å². The first kappa shape index (κ1) is 19.3. The lowest BCUT2D eigenvalue weighted by atomic mass is 10.1. The number of anilines is 1. The van der Waals surface area contributed by atoms with Crippen LogP contribution >= 0.6 is 12.4 Å². The zero-order valence-electron chi connectivity index (χ0n) is 13.7. The van der Waals surface area contributed by atoms with Crippen LogP contribution in [0.3, 0.4) is 0 Å². The highest BCUT2D eigenvalue weighted by molar-refractivity contribution is 6.05. The molecule has 138 valence electrons. The molecule has 0 unspecified atom stereocenters. The summed E-state index contributed by atoms with van der Waals surface area (Å²) in [5.41, 5.74) is 1.62. The van der Waals surface area contributed by atoms with E-state index in [1.54, 1.807) is 0 Å². The molecule has 0 saturated carbocycles. The van der Waals surface area contributed by atoms with Crippen LogP contribution in [0.1, 0.15) is 32.1 Å². The molecule has 0 aliphatic carbocycles. The van der Waals surface area contributed by atoms with Crippen LogP contribution in [0.5, 0.6) is 0 Å². The number of methoxy groups -OCH3 is 1. The van der Waals surface area contributed by atoms with E-state index in [1.165, 1.54) is 19.2 Å². The largest absolute Gasteiger partial charge is 0.465 e. The highest BCUT2D eigenvalue weighted by atomic mass is 35.5. The fourth-order valence-corrected chi connectivity index (χ4v) is 2.63. The number of hydrogen-bond donors (Lipinski definition) is 3. The van der Waals surface area contributed by atoms with Gasteiger partial charge in [-0.2, -0.15) is 5.10 Å². The first-order chi connectivity index (χ1) is 12.0. The van der Waals surface area contributed by atoms with E-state index in [9.17, 15) is 19.7 Å². The van der Waals surface area contributed by atoms with Crippen molar-refractivity contribution in [3.63, 3.8) is 0 Å². The Hall–Kier alpha value is -2.98. The van der Waals surface area contributed by atoms with Gasteiger partial charge in [-0.25, -0.2) is 4.79 Å². The number of nitrogens with zero attached hydrogens (tertiary/aromatic N) is 2. The van der Waals surface area contributed by atoms with Gasteiger partial charge in [0.15, 0.2) is 5.69 Å². The maximum Gasteiger partial charge on any atom is 0.338 e. The zero-order valence-corrected chi connectivity index (χ0v) is 14.5. The fourth-order valence-electron chi connectivity index (χ4n) is 2.63. The molecule has 0 spiro atoms. The highest BCUT2D eigenvalue weighted by Crippen LogP contribution is 2.23. The number of fused-ring (bicyclic) bond motifs is 1. The van der Waals surface area contributed by atoms with Crippen LogP contribution in [0.4, 0.5) is 11.4 Å². The predicted molar refractivity (Wildman–Crippen MR) is 93.6 cm³/mol. The quantitative estimate of drug-likeness (QED) is 0.413. The minimum absolute atomic E-state index is 0. The summed E-state index contributed by atoms with van der Waals surface area (Å²) in [6.45, 7) is 1.31. The van der Waals surface area contributed by atoms with Crippen LogP contribution in [0.2, 0.25) is 0 Å². The number of aromatic amines is 1.